The normalized spacial score (nSPS) is 10.5. The molecule has 0 saturated heterocycles. The van der Waals surface area contributed by atoms with Crippen LogP contribution in [0, 0.1) is 15.9 Å². The molecule has 134 valence electrons. The Kier molecular flexibility index (Phi) is 6.40. The molecule has 1 N–H and O–H groups in total. The largest absolute Gasteiger partial charge is 0.452 e. The zero-order chi connectivity index (χ0) is 19.1. The number of nitro benzene ring substituents is 1. The Labute approximate surface area is 152 Å². The molecule has 0 fully saturated rings. The van der Waals surface area contributed by atoms with E-state index in [1.807, 2.05) is 0 Å². The molecule has 9 heteroatoms. The third kappa shape index (κ3) is 5.38. The zero-order valence-corrected chi connectivity index (χ0v) is 13.9. The molecule has 0 radical (unpaired) electrons. The first kappa shape index (κ1) is 19.1. The average Bonchev–Trinajstić information content (AvgIpc) is 2.60. The van der Waals surface area contributed by atoms with Gasteiger partial charge in [-0.2, -0.15) is 0 Å². The van der Waals surface area contributed by atoms with Crippen molar-refractivity contribution in [2.75, 3.05) is 11.9 Å². The van der Waals surface area contributed by atoms with Gasteiger partial charge in [0.2, 0.25) is 0 Å². The number of esters is 1. The maximum atomic E-state index is 13.4. The number of hydrogen-bond donors (Lipinski definition) is 1. The fourth-order valence-electron chi connectivity index (χ4n) is 1.86. The Bertz CT molecular complexity index is 885. The Morgan fingerprint density at radius 3 is 2.65 bits per heavy atom. The molecule has 0 bridgehead atoms. The lowest BCUT2D eigenvalue weighted by molar-refractivity contribution is -0.384. The molecule has 0 saturated carbocycles. The van der Waals surface area contributed by atoms with Crippen molar-refractivity contribution < 1.29 is 23.6 Å². The fraction of sp³-hybridized carbons (Fsp3) is 0.0588. The predicted octanol–water partition coefficient (Wildman–Crippen LogP) is 3.58. The third-order valence-electron chi connectivity index (χ3n) is 3.09. The molecule has 2 rings (SSSR count). The van der Waals surface area contributed by atoms with E-state index in [-0.39, 0.29) is 22.0 Å². The average molecular weight is 379 g/mol. The van der Waals surface area contributed by atoms with E-state index in [9.17, 15) is 24.1 Å². The summed E-state index contributed by atoms with van der Waals surface area (Å²) in [5.74, 6) is -2.02. The highest BCUT2D eigenvalue weighted by Gasteiger charge is 2.12. The van der Waals surface area contributed by atoms with Crippen LogP contribution in [0.5, 0.6) is 0 Å². The molecule has 0 aliphatic carbocycles. The van der Waals surface area contributed by atoms with Crippen molar-refractivity contribution in [3.8, 4) is 0 Å². The van der Waals surface area contributed by atoms with Gasteiger partial charge in [-0.1, -0.05) is 29.8 Å². The minimum Gasteiger partial charge on any atom is -0.452 e. The van der Waals surface area contributed by atoms with E-state index in [0.717, 1.165) is 12.1 Å². The maximum absolute atomic E-state index is 13.4. The molecular formula is C17H12ClFN2O5. The molecule has 0 atom stereocenters. The van der Waals surface area contributed by atoms with Gasteiger partial charge in [0, 0.05) is 23.8 Å². The SMILES string of the molecule is O=C(COC(=O)/C=C/c1ccccc1F)Nc1ccc([N+](=O)[O-])cc1Cl. The highest BCUT2D eigenvalue weighted by Crippen LogP contribution is 2.26. The Morgan fingerprint density at radius 1 is 1.27 bits per heavy atom. The molecule has 0 spiro atoms. The van der Waals surface area contributed by atoms with Crippen molar-refractivity contribution in [3.63, 3.8) is 0 Å². The summed E-state index contributed by atoms with van der Waals surface area (Å²) in [6.45, 7) is -0.603. The van der Waals surface area contributed by atoms with E-state index < -0.39 is 29.2 Å². The van der Waals surface area contributed by atoms with Crippen LogP contribution < -0.4 is 5.32 Å². The number of hydrogen-bond acceptors (Lipinski definition) is 5. The lowest BCUT2D eigenvalue weighted by Gasteiger charge is -2.07. The number of anilines is 1. The minimum atomic E-state index is -0.835. The van der Waals surface area contributed by atoms with E-state index in [1.165, 1.54) is 36.4 Å². The van der Waals surface area contributed by atoms with Gasteiger partial charge < -0.3 is 10.1 Å². The van der Waals surface area contributed by atoms with Gasteiger partial charge in [-0.05, 0) is 18.2 Å². The van der Waals surface area contributed by atoms with Crippen molar-refractivity contribution >= 4 is 40.9 Å². The molecular weight excluding hydrogens is 367 g/mol. The standard InChI is InChI=1S/C17H12ClFN2O5/c18-13-9-12(21(24)25)6-7-15(13)20-16(22)10-26-17(23)8-5-11-3-1-2-4-14(11)19/h1-9H,10H2,(H,20,22)/b8-5+. The van der Waals surface area contributed by atoms with Crippen LogP contribution in [0.25, 0.3) is 6.08 Å². The lowest BCUT2D eigenvalue weighted by atomic mass is 10.2. The number of amides is 1. The van der Waals surface area contributed by atoms with Gasteiger partial charge in [-0.25, -0.2) is 9.18 Å². The van der Waals surface area contributed by atoms with Crippen LogP contribution in [0.2, 0.25) is 5.02 Å². The summed E-state index contributed by atoms with van der Waals surface area (Å²) in [4.78, 5) is 33.3. The summed E-state index contributed by atoms with van der Waals surface area (Å²) in [5, 5.41) is 13.0. The third-order valence-corrected chi connectivity index (χ3v) is 3.40. The molecule has 2 aromatic carbocycles. The number of carbonyl (C=O) groups is 2. The molecule has 0 aliphatic heterocycles. The van der Waals surface area contributed by atoms with E-state index in [2.05, 4.69) is 5.32 Å². The topological polar surface area (TPSA) is 98.5 Å². The van der Waals surface area contributed by atoms with Crippen LogP contribution in [0.3, 0.4) is 0 Å². The predicted molar refractivity (Wildman–Crippen MR) is 93.1 cm³/mol. The van der Waals surface area contributed by atoms with Crippen molar-refractivity contribution in [1.29, 1.82) is 0 Å². The molecule has 7 nitrogen and oxygen atoms in total. The second kappa shape index (κ2) is 8.72. The number of nitrogens with zero attached hydrogens (tertiary/aromatic N) is 1. The van der Waals surface area contributed by atoms with E-state index in [4.69, 9.17) is 16.3 Å². The first-order chi connectivity index (χ1) is 12.4. The van der Waals surface area contributed by atoms with Crippen molar-refractivity contribution in [2.24, 2.45) is 0 Å². The van der Waals surface area contributed by atoms with E-state index in [1.54, 1.807) is 6.07 Å². The summed E-state index contributed by atoms with van der Waals surface area (Å²) in [5.41, 5.74) is 0.115. The van der Waals surface area contributed by atoms with Crippen LogP contribution in [0.4, 0.5) is 15.8 Å². The molecule has 0 heterocycles. The number of ether oxygens (including phenoxy) is 1. The number of nitro groups is 1. The number of carbonyl (C=O) groups excluding carboxylic acids is 2. The zero-order valence-electron chi connectivity index (χ0n) is 13.1. The smallest absolute Gasteiger partial charge is 0.331 e. The minimum absolute atomic E-state index is 0.0293. The quantitative estimate of drug-likeness (QED) is 0.358. The van der Waals surface area contributed by atoms with Gasteiger partial charge in [0.15, 0.2) is 6.61 Å². The highest BCUT2D eigenvalue weighted by molar-refractivity contribution is 6.34. The van der Waals surface area contributed by atoms with Crippen molar-refractivity contribution in [1.82, 2.24) is 0 Å². The summed E-state index contributed by atoms with van der Waals surface area (Å²) in [6, 6.07) is 9.35. The van der Waals surface area contributed by atoms with Gasteiger partial charge >= 0.3 is 5.97 Å². The summed E-state index contributed by atoms with van der Waals surface area (Å²) < 4.78 is 18.1. The monoisotopic (exact) mass is 378 g/mol. The second-order valence-corrected chi connectivity index (χ2v) is 5.34. The van der Waals surface area contributed by atoms with Crippen LogP contribution in [0.1, 0.15) is 5.56 Å². The Hall–Kier alpha value is -3.26. The van der Waals surface area contributed by atoms with Gasteiger partial charge in [-0.3, -0.25) is 14.9 Å². The second-order valence-electron chi connectivity index (χ2n) is 4.93. The lowest BCUT2D eigenvalue weighted by Crippen LogP contribution is -2.20. The summed E-state index contributed by atoms with van der Waals surface area (Å²) in [6.07, 6.45) is 2.22. The maximum Gasteiger partial charge on any atom is 0.331 e. The number of halogens is 2. The first-order valence-electron chi connectivity index (χ1n) is 7.20. The van der Waals surface area contributed by atoms with Gasteiger partial charge in [0.25, 0.3) is 11.6 Å². The van der Waals surface area contributed by atoms with Crippen LogP contribution >= 0.6 is 11.6 Å². The van der Waals surface area contributed by atoms with Gasteiger partial charge in [0.1, 0.15) is 5.82 Å². The van der Waals surface area contributed by atoms with Gasteiger partial charge in [-0.15, -0.1) is 0 Å². The van der Waals surface area contributed by atoms with Crippen LogP contribution in [-0.4, -0.2) is 23.4 Å². The molecule has 0 aliphatic rings. The number of rotatable bonds is 6. The number of nitrogens with one attached hydrogen (secondary N) is 1. The number of non-ortho nitro benzene ring substituents is 1. The van der Waals surface area contributed by atoms with Crippen LogP contribution in [-0.2, 0) is 14.3 Å². The Morgan fingerprint density at radius 2 is 2.00 bits per heavy atom. The Balaban J connectivity index is 1.88. The molecule has 1 amide bonds. The molecule has 0 unspecified atom stereocenters. The fourth-order valence-corrected chi connectivity index (χ4v) is 2.08. The van der Waals surface area contributed by atoms with Crippen molar-refractivity contribution in [2.45, 2.75) is 0 Å². The summed E-state index contributed by atoms with van der Waals surface area (Å²) >= 11 is 5.84. The van der Waals surface area contributed by atoms with E-state index in [0.29, 0.717) is 0 Å². The molecule has 0 aromatic heterocycles. The first-order valence-corrected chi connectivity index (χ1v) is 7.58. The highest BCUT2D eigenvalue weighted by atomic mass is 35.5. The molecule has 2 aromatic rings. The van der Waals surface area contributed by atoms with E-state index >= 15 is 0 Å². The van der Waals surface area contributed by atoms with Gasteiger partial charge in [0.05, 0.1) is 15.6 Å². The number of benzene rings is 2. The van der Waals surface area contributed by atoms with Crippen molar-refractivity contribution in [3.05, 3.63) is 75.1 Å². The molecule has 26 heavy (non-hydrogen) atoms. The summed E-state index contributed by atoms with van der Waals surface area (Å²) in [7, 11) is 0. The van der Waals surface area contributed by atoms with Crippen LogP contribution in [0.15, 0.2) is 48.5 Å².